The molecule has 0 atom stereocenters. The molecular weight excluding hydrogens is 252 g/mol. The Hall–Kier alpha value is -2.34. The third-order valence-electron chi connectivity index (χ3n) is 4.49. The first kappa shape index (κ1) is 12.4. The minimum Gasteiger partial charge on any atom is -0.0683 e. The lowest BCUT2D eigenvalue weighted by Crippen LogP contribution is -1.89. The molecule has 0 aliphatic heterocycles. The van der Waals surface area contributed by atoms with E-state index in [1.807, 2.05) is 0 Å². The monoisotopic (exact) mass is 270 g/mol. The van der Waals surface area contributed by atoms with Crippen molar-refractivity contribution in [3.05, 3.63) is 76.9 Å². The van der Waals surface area contributed by atoms with Gasteiger partial charge in [-0.1, -0.05) is 66.2 Å². The van der Waals surface area contributed by atoms with Gasteiger partial charge in [0.15, 0.2) is 0 Å². The molecule has 0 nitrogen and oxygen atoms in total. The highest BCUT2D eigenvalue weighted by molar-refractivity contribution is 6.00. The van der Waals surface area contributed by atoms with Crippen molar-refractivity contribution in [1.29, 1.82) is 0 Å². The molecule has 0 saturated heterocycles. The molecule has 0 radical (unpaired) electrons. The Morgan fingerprint density at radius 1 is 0.714 bits per heavy atom. The standard InChI is InChI=1S/C21H18/c1-14-12-16-6-5-9-19(21(16)13-14)20-11-10-15(2)17-7-3-4-8-18(17)20/h3-11,13H,12H2,1-2H3. The van der Waals surface area contributed by atoms with E-state index in [2.05, 4.69) is 74.5 Å². The van der Waals surface area contributed by atoms with Crippen LogP contribution >= 0.6 is 0 Å². The number of rotatable bonds is 1. The molecule has 3 aromatic rings. The van der Waals surface area contributed by atoms with Crippen LogP contribution in [-0.2, 0) is 6.42 Å². The van der Waals surface area contributed by atoms with Crippen molar-refractivity contribution < 1.29 is 0 Å². The Bertz CT molecular complexity index is 882. The van der Waals surface area contributed by atoms with E-state index >= 15 is 0 Å². The van der Waals surface area contributed by atoms with Crippen LogP contribution in [0.25, 0.3) is 28.0 Å². The van der Waals surface area contributed by atoms with Crippen LogP contribution in [0.4, 0.5) is 0 Å². The van der Waals surface area contributed by atoms with Crippen molar-refractivity contribution in [1.82, 2.24) is 0 Å². The third-order valence-corrected chi connectivity index (χ3v) is 4.49. The lowest BCUT2D eigenvalue weighted by Gasteiger charge is -2.12. The van der Waals surface area contributed by atoms with E-state index in [0.717, 1.165) is 6.42 Å². The third kappa shape index (κ3) is 1.91. The van der Waals surface area contributed by atoms with Crippen LogP contribution in [0.1, 0.15) is 23.6 Å². The molecule has 0 spiro atoms. The average Bonchev–Trinajstić information content (AvgIpc) is 2.88. The van der Waals surface area contributed by atoms with E-state index in [0.29, 0.717) is 0 Å². The van der Waals surface area contributed by atoms with Crippen molar-refractivity contribution in [2.75, 3.05) is 0 Å². The Balaban J connectivity index is 2.05. The Morgan fingerprint density at radius 2 is 1.52 bits per heavy atom. The van der Waals surface area contributed by atoms with Crippen LogP contribution in [0.5, 0.6) is 0 Å². The fraction of sp³-hybridized carbons (Fsp3) is 0.143. The van der Waals surface area contributed by atoms with Gasteiger partial charge in [0.2, 0.25) is 0 Å². The van der Waals surface area contributed by atoms with Crippen LogP contribution in [-0.4, -0.2) is 0 Å². The van der Waals surface area contributed by atoms with Gasteiger partial charge < -0.3 is 0 Å². The van der Waals surface area contributed by atoms with E-state index in [4.69, 9.17) is 0 Å². The topological polar surface area (TPSA) is 0 Å². The van der Waals surface area contributed by atoms with Crippen LogP contribution in [0, 0.1) is 6.92 Å². The quantitative estimate of drug-likeness (QED) is 0.526. The molecule has 1 aliphatic rings. The first-order chi connectivity index (χ1) is 10.2. The van der Waals surface area contributed by atoms with Crippen molar-refractivity contribution >= 4 is 16.8 Å². The van der Waals surface area contributed by atoms with Crippen LogP contribution in [0.3, 0.4) is 0 Å². The molecular formula is C21H18. The van der Waals surface area contributed by atoms with Gasteiger partial charge in [0.05, 0.1) is 0 Å². The fourth-order valence-electron chi connectivity index (χ4n) is 3.45. The van der Waals surface area contributed by atoms with Gasteiger partial charge in [-0.05, 0) is 58.9 Å². The molecule has 0 amide bonds. The van der Waals surface area contributed by atoms with Crippen molar-refractivity contribution in [2.24, 2.45) is 0 Å². The van der Waals surface area contributed by atoms with Gasteiger partial charge in [0.25, 0.3) is 0 Å². The van der Waals surface area contributed by atoms with Gasteiger partial charge in [-0.25, -0.2) is 0 Å². The Labute approximate surface area is 125 Å². The van der Waals surface area contributed by atoms with E-state index in [1.54, 1.807) is 0 Å². The number of allylic oxidation sites excluding steroid dienone is 1. The molecule has 4 rings (SSSR count). The number of hydrogen-bond donors (Lipinski definition) is 0. The van der Waals surface area contributed by atoms with Gasteiger partial charge in [-0.2, -0.15) is 0 Å². The molecule has 0 heteroatoms. The smallest absolute Gasteiger partial charge is 0.00604 e. The number of hydrogen-bond acceptors (Lipinski definition) is 0. The molecule has 102 valence electrons. The predicted octanol–water partition coefficient (Wildman–Crippen LogP) is 5.77. The zero-order valence-corrected chi connectivity index (χ0v) is 12.5. The average molecular weight is 270 g/mol. The minimum absolute atomic E-state index is 1.09. The molecule has 0 unspecified atom stereocenters. The van der Waals surface area contributed by atoms with Crippen LogP contribution in [0.2, 0.25) is 0 Å². The Kier molecular flexibility index (Phi) is 2.71. The fourth-order valence-corrected chi connectivity index (χ4v) is 3.45. The summed E-state index contributed by atoms with van der Waals surface area (Å²) >= 11 is 0. The molecule has 0 fully saturated rings. The second-order valence-corrected chi connectivity index (χ2v) is 6.02. The van der Waals surface area contributed by atoms with Gasteiger partial charge in [0, 0.05) is 0 Å². The van der Waals surface area contributed by atoms with Gasteiger partial charge in [0.1, 0.15) is 0 Å². The summed E-state index contributed by atoms with van der Waals surface area (Å²) in [5.41, 5.74) is 8.36. The number of benzene rings is 3. The summed E-state index contributed by atoms with van der Waals surface area (Å²) in [5.74, 6) is 0. The molecule has 0 aromatic heterocycles. The van der Waals surface area contributed by atoms with Crippen LogP contribution in [0.15, 0.2) is 60.2 Å². The number of fused-ring (bicyclic) bond motifs is 2. The largest absolute Gasteiger partial charge is 0.0683 e. The van der Waals surface area contributed by atoms with Crippen molar-refractivity contribution in [3.8, 4) is 11.1 Å². The van der Waals surface area contributed by atoms with Gasteiger partial charge in [-0.3, -0.25) is 0 Å². The van der Waals surface area contributed by atoms with E-state index in [9.17, 15) is 0 Å². The highest BCUT2D eigenvalue weighted by atomic mass is 14.2. The van der Waals surface area contributed by atoms with Crippen molar-refractivity contribution in [3.63, 3.8) is 0 Å². The molecule has 0 heterocycles. The van der Waals surface area contributed by atoms with E-state index < -0.39 is 0 Å². The van der Waals surface area contributed by atoms with E-state index in [-0.39, 0.29) is 0 Å². The SMILES string of the molecule is CC1=Cc2c(cccc2-c2ccc(C)c3ccccc23)C1. The Morgan fingerprint density at radius 3 is 2.38 bits per heavy atom. The van der Waals surface area contributed by atoms with Gasteiger partial charge >= 0.3 is 0 Å². The van der Waals surface area contributed by atoms with Crippen LogP contribution < -0.4 is 0 Å². The summed E-state index contributed by atoms with van der Waals surface area (Å²) in [6, 6.07) is 19.9. The van der Waals surface area contributed by atoms with E-state index in [1.165, 1.54) is 44.2 Å². The summed E-state index contributed by atoms with van der Waals surface area (Å²) in [4.78, 5) is 0. The number of aryl methyl sites for hydroxylation is 1. The lowest BCUT2D eigenvalue weighted by atomic mass is 9.91. The summed E-state index contributed by atoms with van der Waals surface area (Å²) < 4.78 is 0. The molecule has 0 saturated carbocycles. The maximum Gasteiger partial charge on any atom is -0.00604 e. The molecule has 1 aliphatic carbocycles. The second kappa shape index (κ2) is 4.60. The first-order valence-electron chi connectivity index (χ1n) is 7.52. The summed E-state index contributed by atoms with van der Waals surface area (Å²) in [6.07, 6.45) is 3.44. The zero-order valence-electron chi connectivity index (χ0n) is 12.5. The molecule has 0 bridgehead atoms. The second-order valence-electron chi connectivity index (χ2n) is 6.02. The maximum atomic E-state index is 2.35. The molecule has 0 N–H and O–H groups in total. The maximum absolute atomic E-state index is 2.35. The van der Waals surface area contributed by atoms with Crippen molar-refractivity contribution in [2.45, 2.75) is 20.3 Å². The predicted molar refractivity (Wildman–Crippen MR) is 91.5 cm³/mol. The zero-order chi connectivity index (χ0) is 14.4. The normalized spacial score (nSPS) is 13.3. The minimum atomic E-state index is 1.09. The highest BCUT2D eigenvalue weighted by Gasteiger charge is 2.15. The molecule has 3 aromatic carbocycles. The first-order valence-corrected chi connectivity index (χ1v) is 7.52. The van der Waals surface area contributed by atoms with Gasteiger partial charge in [-0.15, -0.1) is 0 Å². The summed E-state index contributed by atoms with van der Waals surface area (Å²) in [5, 5.41) is 2.70. The lowest BCUT2D eigenvalue weighted by molar-refractivity contribution is 1.20. The molecule has 21 heavy (non-hydrogen) atoms. The summed E-state index contributed by atoms with van der Waals surface area (Å²) in [7, 11) is 0. The summed E-state index contributed by atoms with van der Waals surface area (Å²) in [6.45, 7) is 4.41. The highest BCUT2D eigenvalue weighted by Crippen LogP contribution is 2.37.